The maximum Gasteiger partial charge on any atom is 0.0218 e. The zero-order valence-corrected chi connectivity index (χ0v) is 10.9. The Bertz CT molecular complexity index is 187. The van der Waals surface area contributed by atoms with Gasteiger partial charge in [-0.3, -0.25) is 0 Å². The first-order valence-electron chi connectivity index (χ1n) is 7.27. The largest absolute Gasteiger partial charge is 0.315 e. The van der Waals surface area contributed by atoms with Gasteiger partial charge in [-0.2, -0.15) is 0 Å². The van der Waals surface area contributed by atoms with Gasteiger partial charge in [-0.1, -0.05) is 32.1 Å². The third-order valence-corrected chi connectivity index (χ3v) is 4.51. The standard InChI is InChI=1S/C14H28N2/c1-16-11-5-8-14(16)12-15-10-9-13-6-3-2-4-7-13/h13-15H,2-12H2,1H3. The molecule has 1 unspecified atom stereocenters. The van der Waals surface area contributed by atoms with Crippen molar-refractivity contribution in [2.45, 2.75) is 57.4 Å². The molecule has 16 heavy (non-hydrogen) atoms. The molecule has 2 nitrogen and oxygen atoms in total. The minimum atomic E-state index is 0.811. The van der Waals surface area contributed by atoms with E-state index in [4.69, 9.17) is 0 Å². The van der Waals surface area contributed by atoms with Crippen molar-refractivity contribution < 1.29 is 0 Å². The lowest BCUT2D eigenvalue weighted by molar-refractivity contribution is 0.290. The van der Waals surface area contributed by atoms with Crippen molar-refractivity contribution in [3.05, 3.63) is 0 Å². The Morgan fingerprint density at radius 1 is 1.06 bits per heavy atom. The van der Waals surface area contributed by atoms with Crippen LogP contribution in [0.5, 0.6) is 0 Å². The topological polar surface area (TPSA) is 15.3 Å². The number of hydrogen-bond acceptors (Lipinski definition) is 2. The highest BCUT2D eigenvalue weighted by molar-refractivity contribution is 4.78. The summed E-state index contributed by atoms with van der Waals surface area (Å²) in [5.41, 5.74) is 0. The van der Waals surface area contributed by atoms with E-state index in [9.17, 15) is 0 Å². The molecule has 2 heteroatoms. The summed E-state index contributed by atoms with van der Waals surface area (Å²) >= 11 is 0. The number of rotatable bonds is 5. The van der Waals surface area contributed by atoms with Gasteiger partial charge in [0.15, 0.2) is 0 Å². The predicted molar refractivity (Wildman–Crippen MR) is 69.7 cm³/mol. The summed E-state index contributed by atoms with van der Waals surface area (Å²) in [6.45, 7) is 3.76. The van der Waals surface area contributed by atoms with Gasteiger partial charge in [-0.05, 0) is 45.3 Å². The van der Waals surface area contributed by atoms with Crippen LogP contribution in [-0.2, 0) is 0 Å². The Labute approximate surface area is 101 Å². The molecule has 2 aliphatic rings. The molecule has 1 aliphatic carbocycles. The number of likely N-dealkylation sites (N-methyl/N-ethyl adjacent to an activating group) is 1. The Kier molecular flexibility index (Phi) is 5.11. The molecule has 2 fully saturated rings. The highest BCUT2D eigenvalue weighted by Crippen LogP contribution is 2.25. The van der Waals surface area contributed by atoms with E-state index >= 15 is 0 Å². The van der Waals surface area contributed by atoms with Crippen molar-refractivity contribution in [2.75, 3.05) is 26.7 Å². The van der Waals surface area contributed by atoms with Gasteiger partial charge in [0.05, 0.1) is 0 Å². The van der Waals surface area contributed by atoms with Gasteiger partial charge in [0.1, 0.15) is 0 Å². The van der Waals surface area contributed by atoms with E-state index in [0.717, 1.165) is 12.0 Å². The lowest BCUT2D eigenvalue weighted by Crippen LogP contribution is -2.36. The van der Waals surface area contributed by atoms with Crippen molar-refractivity contribution in [1.29, 1.82) is 0 Å². The number of nitrogens with one attached hydrogen (secondary N) is 1. The molecule has 2 rings (SSSR count). The molecule has 0 spiro atoms. The lowest BCUT2D eigenvalue weighted by atomic mass is 9.87. The number of nitrogens with zero attached hydrogens (tertiary/aromatic N) is 1. The minimum Gasteiger partial charge on any atom is -0.315 e. The van der Waals surface area contributed by atoms with Crippen LogP contribution in [0.25, 0.3) is 0 Å². The highest BCUT2D eigenvalue weighted by Gasteiger charge is 2.20. The van der Waals surface area contributed by atoms with Gasteiger partial charge >= 0.3 is 0 Å². The fraction of sp³-hybridized carbons (Fsp3) is 1.00. The van der Waals surface area contributed by atoms with Crippen molar-refractivity contribution in [3.63, 3.8) is 0 Å². The van der Waals surface area contributed by atoms with Gasteiger partial charge in [0, 0.05) is 12.6 Å². The maximum atomic E-state index is 3.66. The lowest BCUT2D eigenvalue weighted by Gasteiger charge is -2.23. The van der Waals surface area contributed by atoms with Crippen LogP contribution in [0.4, 0.5) is 0 Å². The molecule has 0 aromatic carbocycles. The van der Waals surface area contributed by atoms with Crippen molar-refractivity contribution in [1.82, 2.24) is 10.2 Å². The first-order chi connectivity index (χ1) is 7.86. The van der Waals surface area contributed by atoms with Crippen LogP contribution in [-0.4, -0.2) is 37.6 Å². The zero-order chi connectivity index (χ0) is 11.2. The fourth-order valence-corrected chi connectivity index (χ4v) is 3.29. The van der Waals surface area contributed by atoms with E-state index in [1.54, 1.807) is 0 Å². The van der Waals surface area contributed by atoms with Crippen LogP contribution in [0.3, 0.4) is 0 Å². The number of likely N-dealkylation sites (tertiary alicyclic amines) is 1. The van der Waals surface area contributed by atoms with E-state index in [0.29, 0.717) is 0 Å². The van der Waals surface area contributed by atoms with Crippen LogP contribution >= 0.6 is 0 Å². The zero-order valence-electron chi connectivity index (χ0n) is 10.9. The third-order valence-electron chi connectivity index (χ3n) is 4.51. The summed E-state index contributed by atoms with van der Waals surface area (Å²) < 4.78 is 0. The summed E-state index contributed by atoms with van der Waals surface area (Å²) in [4.78, 5) is 2.51. The average Bonchev–Trinajstić information content (AvgIpc) is 2.72. The Balaban J connectivity index is 1.51. The molecule has 1 atom stereocenters. The fourth-order valence-electron chi connectivity index (χ4n) is 3.29. The molecule has 0 aromatic rings. The molecule has 0 radical (unpaired) electrons. The van der Waals surface area contributed by atoms with E-state index in [1.165, 1.54) is 71.0 Å². The van der Waals surface area contributed by atoms with Crippen LogP contribution in [0.1, 0.15) is 51.4 Å². The third kappa shape index (κ3) is 3.74. The minimum absolute atomic E-state index is 0.811. The molecule has 0 bridgehead atoms. The quantitative estimate of drug-likeness (QED) is 0.722. The smallest absolute Gasteiger partial charge is 0.0218 e. The Hall–Kier alpha value is -0.0800. The Morgan fingerprint density at radius 2 is 1.88 bits per heavy atom. The molecule has 1 heterocycles. The monoisotopic (exact) mass is 224 g/mol. The van der Waals surface area contributed by atoms with Gasteiger partial charge in [0.2, 0.25) is 0 Å². The molecule has 1 aliphatic heterocycles. The molecule has 0 amide bonds. The Morgan fingerprint density at radius 3 is 2.56 bits per heavy atom. The second kappa shape index (κ2) is 6.61. The van der Waals surface area contributed by atoms with E-state index in [2.05, 4.69) is 17.3 Å². The molecule has 1 saturated carbocycles. The van der Waals surface area contributed by atoms with Crippen molar-refractivity contribution in [2.24, 2.45) is 5.92 Å². The number of hydrogen-bond donors (Lipinski definition) is 1. The highest BCUT2D eigenvalue weighted by atomic mass is 15.2. The van der Waals surface area contributed by atoms with Crippen LogP contribution < -0.4 is 5.32 Å². The summed E-state index contributed by atoms with van der Waals surface area (Å²) in [5.74, 6) is 1.03. The normalized spacial score (nSPS) is 28.7. The van der Waals surface area contributed by atoms with Gasteiger partial charge in [0.25, 0.3) is 0 Å². The van der Waals surface area contributed by atoms with Gasteiger partial charge < -0.3 is 10.2 Å². The molecule has 0 aromatic heterocycles. The average molecular weight is 224 g/mol. The first-order valence-corrected chi connectivity index (χ1v) is 7.27. The van der Waals surface area contributed by atoms with Crippen molar-refractivity contribution >= 4 is 0 Å². The molecular weight excluding hydrogens is 196 g/mol. The van der Waals surface area contributed by atoms with Gasteiger partial charge in [-0.25, -0.2) is 0 Å². The van der Waals surface area contributed by atoms with E-state index < -0.39 is 0 Å². The second-order valence-corrected chi connectivity index (χ2v) is 5.77. The first kappa shape index (κ1) is 12.4. The van der Waals surface area contributed by atoms with Gasteiger partial charge in [-0.15, -0.1) is 0 Å². The summed E-state index contributed by atoms with van der Waals surface area (Å²) in [6, 6.07) is 0.811. The summed E-state index contributed by atoms with van der Waals surface area (Å²) in [5, 5.41) is 3.66. The second-order valence-electron chi connectivity index (χ2n) is 5.77. The summed E-state index contributed by atoms with van der Waals surface area (Å²) in [6.07, 6.45) is 11.6. The molecule has 94 valence electrons. The molecule has 1 saturated heterocycles. The summed E-state index contributed by atoms with van der Waals surface area (Å²) in [7, 11) is 2.26. The van der Waals surface area contributed by atoms with Crippen LogP contribution in [0.15, 0.2) is 0 Å². The van der Waals surface area contributed by atoms with Crippen molar-refractivity contribution in [3.8, 4) is 0 Å². The SMILES string of the molecule is CN1CCCC1CNCCC1CCCCC1. The van der Waals surface area contributed by atoms with E-state index in [-0.39, 0.29) is 0 Å². The molecule has 1 N–H and O–H groups in total. The van der Waals surface area contributed by atoms with E-state index in [1.807, 2.05) is 0 Å². The van der Waals surface area contributed by atoms with Crippen LogP contribution in [0, 0.1) is 5.92 Å². The van der Waals surface area contributed by atoms with Crippen LogP contribution in [0.2, 0.25) is 0 Å². The predicted octanol–water partition coefficient (Wildman–Crippen LogP) is 2.64. The molecular formula is C14H28N2. The maximum absolute atomic E-state index is 3.66.